The summed E-state index contributed by atoms with van der Waals surface area (Å²) in [4.78, 5) is 39.0. The number of carbonyl (C=O) groups excluding carboxylic acids is 3. The first-order valence-electron chi connectivity index (χ1n) is 13.1. The molecule has 1 aliphatic heterocycles. The normalized spacial score (nSPS) is 13.9. The Balaban J connectivity index is 1.32. The number of urea groups is 1. The van der Waals surface area contributed by atoms with Gasteiger partial charge in [0.05, 0.1) is 11.1 Å². The van der Waals surface area contributed by atoms with Crippen LogP contribution in [-0.4, -0.2) is 35.9 Å². The van der Waals surface area contributed by atoms with E-state index in [4.69, 9.17) is 9.47 Å². The van der Waals surface area contributed by atoms with Gasteiger partial charge in [0, 0.05) is 5.69 Å². The van der Waals surface area contributed by atoms with Crippen molar-refractivity contribution in [3.05, 3.63) is 106 Å². The van der Waals surface area contributed by atoms with E-state index < -0.39 is 24.4 Å². The van der Waals surface area contributed by atoms with Gasteiger partial charge in [-0.1, -0.05) is 54.6 Å². The number of ether oxygens (including phenoxy) is 2. The number of anilines is 1. The van der Waals surface area contributed by atoms with Crippen LogP contribution in [0.3, 0.4) is 0 Å². The van der Waals surface area contributed by atoms with Crippen LogP contribution in [0.15, 0.2) is 89.0 Å². The van der Waals surface area contributed by atoms with E-state index in [-0.39, 0.29) is 5.70 Å². The maximum Gasteiger partial charge on any atom is 0.329 e. The first-order chi connectivity index (χ1) is 19.8. The minimum absolute atomic E-state index is 0.0529. The maximum absolute atomic E-state index is 13.0. The zero-order valence-corrected chi connectivity index (χ0v) is 24.2. The Hall–Kier alpha value is -4.63. The molecule has 0 unspecified atom stereocenters. The molecule has 1 heterocycles. The minimum atomic E-state index is -0.667. The largest absolute Gasteiger partial charge is 0.490 e. The summed E-state index contributed by atoms with van der Waals surface area (Å²) in [6.45, 7) is 4.09. The van der Waals surface area contributed by atoms with Crippen molar-refractivity contribution in [3.8, 4) is 11.5 Å². The van der Waals surface area contributed by atoms with E-state index in [0.717, 1.165) is 26.8 Å². The third kappa shape index (κ3) is 6.41. The van der Waals surface area contributed by atoms with Crippen LogP contribution in [0.4, 0.5) is 10.5 Å². The molecule has 0 atom stereocenters. The lowest BCUT2D eigenvalue weighted by Crippen LogP contribution is -2.38. The molecule has 0 bridgehead atoms. The smallest absolute Gasteiger partial charge is 0.329 e. The van der Waals surface area contributed by atoms with Crippen molar-refractivity contribution in [1.82, 2.24) is 10.2 Å². The van der Waals surface area contributed by atoms with Gasteiger partial charge in [-0.2, -0.15) is 0 Å². The monoisotopic (exact) mass is 613 g/mol. The molecule has 0 aliphatic carbocycles. The molecule has 208 valence electrons. The van der Waals surface area contributed by atoms with Gasteiger partial charge in [0.25, 0.3) is 5.91 Å². The number of aryl methyl sites for hydroxylation is 1. The van der Waals surface area contributed by atoms with Gasteiger partial charge in [-0.15, -0.1) is 0 Å². The second-order valence-electron chi connectivity index (χ2n) is 9.49. The van der Waals surface area contributed by atoms with Crippen molar-refractivity contribution in [1.29, 1.82) is 0 Å². The molecule has 4 amide bonds. The van der Waals surface area contributed by atoms with E-state index in [1.807, 2.05) is 50.2 Å². The highest BCUT2D eigenvalue weighted by Gasteiger charge is 2.35. The van der Waals surface area contributed by atoms with Gasteiger partial charge in [-0.05, 0) is 87.6 Å². The number of benzene rings is 4. The van der Waals surface area contributed by atoms with Crippen molar-refractivity contribution in [2.45, 2.75) is 20.5 Å². The number of nitrogens with zero attached hydrogens (tertiary/aromatic N) is 1. The molecular formula is C32H28BrN3O5. The summed E-state index contributed by atoms with van der Waals surface area (Å²) >= 11 is 3.58. The number of hydrogen-bond acceptors (Lipinski definition) is 5. The van der Waals surface area contributed by atoms with Crippen LogP contribution >= 0.6 is 15.9 Å². The number of amides is 4. The second-order valence-corrected chi connectivity index (χ2v) is 10.3. The van der Waals surface area contributed by atoms with Gasteiger partial charge >= 0.3 is 6.03 Å². The Morgan fingerprint density at radius 3 is 2.59 bits per heavy atom. The summed E-state index contributed by atoms with van der Waals surface area (Å²) < 4.78 is 12.7. The van der Waals surface area contributed by atoms with Gasteiger partial charge in [-0.25, -0.2) is 9.69 Å². The van der Waals surface area contributed by atoms with Crippen molar-refractivity contribution >= 4 is 56.3 Å². The van der Waals surface area contributed by atoms with Crippen LogP contribution in [0, 0.1) is 6.92 Å². The molecule has 9 heteroatoms. The predicted molar refractivity (Wildman–Crippen MR) is 162 cm³/mol. The fraction of sp³-hybridized carbons (Fsp3) is 0.156. The Labute approximate surface area is 246 Å². The van der Waals surface area contributed by atoms with E-state index in [1.54, 1.807) is 30.3 Å². The third-order valence-electron chi connectivity index (χ3n) is 6.46. The van der Waals surface area contributed by atoms with Crippen molar-refractivity contribution in [3.63, 3.8) is 0 Å². The van der Waals surface area contributed by atoms with Crippen LogP contribution in [0.1, 0.15) is 23.6 Å². The summed E-state index contributed by atoms with van der Waals surface area (Å²) in [5, 5.41) is 7.51. The summed E-state index contributed by atoms with van der Waals surface area (Å²) in [6.07, 6.45) is 1.54. The summed E-state index contributed by atoms with van der Waals surface area (Å²) in [5.41, 5.74) is 3.26. The third-order valence-corrected chi connectivity index (χ3v) is 7.05. The molecule has 1 aliphatic rings. The van der Waals surface area contributed by atoms with Crippen LogP contribution in [0.5, 0.6) is 11.5 Å². The molecule has 0 aromatic heterocycles. The van der Waals surface area contributed by atoms with E-state index in [2.05, 4.69) is 44.8 Å². The zero-order valence-electron chi connectivity index (χ0n) is 22.6. The number of nitrogens with one attached hydrogen (secondary N) is 2. The molecule has 1 saturated heterocycles. The van der Waals surface area contributed by atoms with E-state index in [9.17, 15) is 14.4 Å². The molecule has 4 aromatic rings. The highest BCUT2D eigenvalue weighted by molar-refractivity contribution is 9.10. The van der Waals surface area contributed by atoms with E-state index in [0.29, 0.717) is 40.4 Å². The molecule has 4 aromatic carbocycles. The predicted octanol–water partition coefficient (Wildman–Crippen LogP) is 6.42. The summed E-state index contributed by atoms with van der Waals surface area (Å²) in [7, 11) is 0. The van der Waals surface area contributed by atoms with E-state index in [1.165, 1.54) is 0 Å². The van der Waals surface area contributed by atoms with Crippen molar-refractivity contribution in [2.24, 2.45) is 0 Å². The number of halogens is 1. The van der Waals surface area contributed by atoms with Crippen LogP contribution in [0.25, 0.3) is 16.8 Å². The van der Waals surface area contributed by atoms with Crippen LogP contribution < -0.4 is 20.1 Å². The lowest BCUT2D eigenvalue weighted by atomic mass is 10.1. The molecule has 1 fully saturated rings. The maximum atomic E-state index is 13.0. The number of carbonyl (C=O) groups is 3. The Morgan fingerprint density at radius 1 is 1.00 bits per heavy atom. The van der Waals surface area contributed by atoms with Gasteiger partial charge < -0.3 is 20.1 Å². The summed E-state index contributed by atoms with van der Waals surface area (Å²) in [6, 6.07) is 24.3. The molecule has 8 nitrogen and oxygen atoms in total. The number of fused-ring (bicyclic) bond motifs is 1. The highest BCUT2D eigenvalue weighted by Crippen LogP contribution is 2.38. The molecule has 0 radical (unpaired) electrons. The fourth-order valence-electron chi connectivity index (χ4n) is 4.59. The average molecular weight is 614 g/mol. The molecular weight excluding hydrogens is 586 g/mol. The van der Waals surface area contributed by atoms with Gasteiger partial charge in [0.1, 0.15) is 18.8 Å². The average Bonchev–Trinajstić information content (AvgIpc) is 3.20. The van der Waals surface area contributed by atoms with Crippen molar-refractivity contribution < 1.29 is 23.9 Å². The Morgan fingerprint density at radius 2 is 1.78 bits per heavy atom. The standard InChI is InChI=1S/C32H28BrN3O5/c1-3-40-28-17-21(15-26(33)30(28)41-19-23-11-7-10-22-9-4-5-13-25(22)23)16-27-31(38)36(32(39)35-27)18-29(37)34-24-12-6-8-20(2)14-24/h4-17H,3,18-19H2,1-2H3,(H,34,37)(H,35,39)/b27-16+. The first-order valence-corrected chi connectivity index (χ1v) is 13.9. The lowest BCUT2D eigenvalue weighted by Gasteiger charge is -2.16. The van der Waals surface area contributed by atoms with Gasteiger partial charge in [0.15, 0.2) is 11.5 Å². The van der Waals surface area contributed by atoms with Crippen molar-refractivity contribution in [2.75, 3.05) is 18.5 Å². The second kappa shape index (κ2) is 12.3. The number of rotatable bonds is 9. The first kappa shape index (κ1) is 27.9. The quantitative estimate of drug-likeness (QED) is 0.168. The van der Waals surface area contributed by atoms with Crippen LogP contribution in [0.2, 0.25) is 0 Å². The van der Waals surface area contributed by atoms with E-state index >= 15 is 0 Å². The minimum Gasteiger partial charge on any atom is -0.490 e. The SMILES string of the molecule is CCOc1cc(/C=C2/NC(=O)N(CC(=O)Nc3cccc(C)c3)C2=O)cc(Br)c1OCc1cccc2ccccc12. The molecule has 2 N–H and O–H groups in total. The Kier molecular flexibility index (Phi) is 8.35. The topological polar surface area (TPSA) is 97.0 Å². The number of imide groups is 1. The van der Waals surface area contributed by atoms with Gasteiger partial charge in [0.2, 0.25) is 5.91 Å². The molecule has 41 heavy (non-hydrogen) atoms. The molecule has 5 rings (SSSR count). The summed E-state index contributed by atoms with van der Waals surface area (Å²) in [5.74, 6) is -0.0625. The highest BCUT2D eigenvalue weighted by atomic mass is 79.9. The Bertz CT molecular complexity index is 1680. The number of hydrogen-bond donors (Lipinski definition) is 2. The zero-order chi connectivity index (χ0) is 28.9. The molecule has 0 spiro atoms. The van der Waals surface area contributed by atoms with Gasteiger partial charge in [-0.3, -0.25) is 9.59 Å². The lowest BCUT2D eigenvalue weighted by molar-refractivity contribution is -0.127. The van der Waals surface area contributed by atoms with Crippen LogP contribution in [-0.2, 0) is 16.2 Å². The molecule has 0 saturated carbocycles. The fourth-order valence-corrected chi connectivity index (χ4v) is 5.17.